The number of rotatable bonds is 7. The molecule has 2 aromatic heterocycles. The van der Waals surface area contributed by atoms with E-state index in [1.807, 2.05) is 0 Å². The minimum atomic E-state index is -4.13. The van der Waals surface area contributed by atoms with Crippen molar-refractivity contribution in [2.45, 2.75) is 51.1 Å². The molecule has 7 nitrogen and oxygen atoms in total. The fourth-order valence-corrected chi connectivity index (χ4v) is 4.46. The van der Waals surface area contributed by atoms with Gasteiger partial charge in [-0.05, 0) is 57.1 Å². The summed E-state index contributed by atoms with van der Waals surface area (Å²) in [5.41, 5.74) is 0.938. The number of hydrogen-bond acceptors (Lipinski definition) is 6. The van der Waals surface area contributed by atoms with E-state index in [0.29, 0.717) is 42.0 Å². The predicted molar refractivity (Wildman–Crippen MR) is 112 cm³/mol. The maximum Gasteiger partial charge on any atom is 0.391 e. The molecule has 0 amide bonds. The zero-order chi connectivity index (χ0) is 23.8. The Hall–Kier alpha value is -2.91. The molecular formula is C23H26F3N3O4. The minimum Gasteiger partial charge on any atom is -0.495 e. The number of hydrogen-bond donors (Lipinski definition) is 1. The number of aromatic nitrogens is 3. The average molecular weight is 465 g/mol. The minimum absolute atomic E-state index is 0.0448. The van der Waals surface area contributed by atoms with Crippen molar-refractivity contribution in [3.63, 3.8) is 0 Å². The molecule has 2 aliphatic carbocycles. The summed E-state index contributed by atoms with van der Waals surface area (Å²) >= 11 is 0. The van der Waals surface area contributed by atoms with Gasteiger partial charge >= 0.3 is 12.1 Å². The van der Waals surface area contributed by atoms with Crippen molar-refractivity contribution in [2.24, 2.45) is 17.3 Å². The Bertz CT molecular complexity index is 1020. The summed E-state index contributed by atoms with van der Waals surface area (Å²) in [6.07, 6.45) is -0.943. The van der Waals surface area contributed by atoms with Gasteiger partial charge in [-0.15, -0.1) is 5.10 Å². The molecule has 1 N–H and O–H groups in total. The highest BCUT2D eigenvalue weighted by atomic mass is 19.4. The van der Waals surface area contributed by atoms with E-state index in [-0.39, 0.29) is 37.2 Å². The van der Waals surface area contributed by atoms with Gasteiger partial charge in [0.25, 0.3) is 0 Å². The van der Waals surface area contributed by atoms with E-state index < -0.39 is 23.5 Å². The second kappa shape index (κ2) is 8.79. The number of alkyl halides is 3. The van der Waals surface area contributed by atoms with Crippen LogP contribution in [0, 0.1) is 17.3 Å². The fraction of sp³-hybridized carbons (Fsp3) is 0.565. The maximum atomic E-state index is 12.8. The number of carboxylic acids is 1. The normalized spacial score (nSPS) is 27.1. The zero-order valence-electron chi connectivity index (χ0n) is 18.4. The summed E-state index contributed by atoms with van der Waals surface area (Å²) < 4.78 is 49.7. The Balaban J connectivity index is 1.44. The summed E-state index contributed by atoms with van der Waals surface area (Å²) in [5.74, 6) is -1.49. The van der Waals surface area contributed by atoms with Gasteiger partial charge in [0.15, 0.2) is 0 Å². The molecule has 0 unspecified atom stereocenters. The largest absolute Gasteiger partial charge is 0.495 e. The van der Waals surface area contributed by atoms with Crippen molar-refractivity contribution in [3.05, 3.63) is 30.1 Å². The summed E-state index contributed by atoms with van der Waals surface area (Å²) in [4.78, 5) is 16.2. The number of carbonyl (C=O) groups is 1. The van der Waals surface area contributed by atoms with Crippen molar-refractivity contribution in [2.75, 3.05) is 13.7 Å². The van der Waals surface area contributed by atoms with Crippen molar-refractivity contribution in [1.82, 2.24) is 15.2 Å². The van der Waals surface area contributed by atoms with Crippen molar-refractivity contribution in [1.29, 1.82) is 0 Å². The van der Waals surface area contributed by atoms with Crippen LogP contribution in [0.15, 0.2) is 24.4 Å². The molecule has 0 radical (unpaired) electrons. The summed E-state index contributed by atoms with van der Waals surface area (Å²) in [6.45, 7) is 1.97. The third kappa shape index (κ3) is 4.89. The molecule has 2 atom stereocenters. The Labute approximate surface area is 189 Å². The van der Waals surface area contributed by atoms with Crippen molar-refractivity contribution >= 4 is 5.97 Å². The van der Waals surface area contributed by atoms with Crippen LogP contribution in [0.1, 0.15) is 50.6 Å². The first-order valence-electron chi connectivity index (χ1n) is 10.9. The smallest absolute Gasteiger partial charge is 0.391 e. The molecule has 2 fully saturated rings. The number of ether oxygens (including phenoxy) is 2. The van der Waals surface area contributed by atoms with Gasteiger partial charge in [0, 0.05) is 17.5 Å². The van der Waals surface area contributed by atoms with E-state index in [0.717, 1.165) is 0 Å². The quantitative estimate of drug-likeness (QED) is 0.623. The van der Waals surface area contributed by atoms with Crippen LogP contribution in [0.5, 0.6) is 11.6 Å². The lowest BCUT2D eigenvalue weighted by Crippen LogP contribution is -2.29. The molecule has 0 saturated heterocycles. The van der Waals surface area contributed by atoms with E-state index in [1.165, 1.54) is 13.3 Å². The van der Waals surface area contributed by atoms with Gasteiger partial charge in [0.05, 0.1) is 42.6 Å². The van der Waals surface area contributed by atoms with E-state index in [1.54, 1.807) is 25.1 Å². The maximum absolute atomic E-state index is 12.8. The van der Waals surface area contributed by atoms with Crippen LogP contribution >= 0.6 is 0 Å². The lowest BCUT2D eigenvalue weighted by atomic mass is 9.82. The van der Waals surface area contributed by atoms with Gasteiger partial charge in [-0.1, -0.05) is 0 Å². The number of pyridine rings is 1. The first kappa shape index (κ1) is 23.3. The highest BCUT2D eigenvalue weighted by Crippen LogP contribution is 2.60. The topological polar surface area (TPSA) is 94.4 Å². The van der Waals surface area contributed by atoms with Crippen LogP contribution in [-0.4, -0.2) is 46.2 Å². The van der Waals surface area contributed by atoms with Gasteiger partial charge in [-0.25, -0.2) is 4.98 Å². The van der Waals surface area contributed by atoms with Gasteiger partial charge in [0.1, 0.15) is 5.75 Å². The number of nitrogens with zero attached hydrogens (tertiary/aromatic N) is 3. The molecule has 2 aliphatic rings. The third-order valence-electron chi connectivity index (χ3n) is 6.87. The Kier molecular flexibility index (Phi) is 6.20. The third-order valence-corrected chi connectivity index (χ3v) is 6.87. The fourth-order valence-electron chi connectivity index (χ4n) is 4.46. The summed E-state index contributed by atoms with van der Waals surface area (Å²) in [7, 11) is 1.52. The Morgan fingerprint density at radius 1 is 1.24 bits per heavy atom. The molecular weight excluding hydrogens is 439 g/mol. The first-order chi connectivity index (χ1) is 15.6. The Morgan fingerprint density at radius 3 is 2.58 bits per heavy atom. The van der Waals surface area contributed by atoms with E-state index in [2.05, 4.69) is 15.2 Å². The van der Waals surface area contributed by atoms with E-state index >= 15 is 0 Å². The number of halogens is 3. The molecule has 4 rings (SSSR count). The molecule has 0 aliphatic heterocycles. The van der Waals surface area contributed by atoms with Crippen LogP contribution in [0.2, 0.25) is 0 Å². The molecule has 0 bridgehead atoms. The van der Waals surface area contributed by atoms with E-state index in [4.69, 9.17) is 9.47 Å². The molecule has 2 heterocycles. The predicted octanol–water partition coefficient (Wildman–Crippen LogP) is 4.87. The van der Waals surface area contributed by atoms with Gasteiger partial charge in [0.2, 0.25) is 5.88 Å². The van der Waals surface area contributed by atoms with E-state index in [9.17, 15) is 23.1 Å². The second-order valence-electron chi connectivity index (χ2n) is 9.12. The monoisotopic (exact) mass is 465 g/mol. The van der Waals surface area contributed by atoms with Crippen LogP contribution in [0.4, 0.5) is 13.2 Å². The highest BCUT2D eigenvalue weighted by Gasteiger charge is 2.59. The molecule has 2 aromatic rings. The molecule has 33 heavy (non-hydrogen) atoms. The zero-order valence-corrected chi connectivity index (χ0v) is 18.4. The SMILES string of the molecule is COc1ccc(-c2cnnc(OCC3CCC(C(F)(F)F)CC3)c2)nc1[C@H]1C[C@]1(C)C(=O)O. The standard InChI is InChI=1S/C23H26F3N3O4/c1-22(21(30)31)10-16(22)20-18(32-2)8-7-17(28-20)14-9-19(29-27-11-14)33-12-13-3-5-15(6-4-13)23(24,25)26/h7-9,11,13,15-16H,3-6,10,12H2,1-2H3,(H,30,31)/t13?,15?,16-,22+/m1/s1. The molecule has 2 saturated carbocycles. The number of carboxylic acid groups (broad SMARTS) is 1. The van der Waals surface area contributed by atoms with Gasteiger partial charge in [-0.2, -0.15) is 18.3 Å². The number of methoxy groups -OCH3 is 1. The molecule has 0 aromatic carbocycles. The lowest BCUT2D eigenvalue weighted by Gasteiger charge is -2.29. The molecule has 178 valence electrons. The van der Waals surface area contributed by atoms with Crippen molar-refractivity contribution < 1.29 is 32.5 Å². The number of aliphatic carboxylic acids is 1. The van der Waals surface area contributed by atoms with Gasteiger partial charge < -0.3 is 14.6 Å². The first-order valence-corrected chi connectivity index (χ1v) is 10.9. The summed E-state index contributed by atoms with van der Waals surface area (Å²) in [6, 6.07) is 5.18. The van der Waals surface area contributed by atoms with Crippen LogP contribution < -0.4 is 9.47 Å². The second-order valence-corrected chi connectivity index (χ2v) is 9.12. The van der Waals surface area contributed by atoms with Crippen LogP contribution in [0.3, 0.4) is 0 Å². The van der Waals surface area contributed by atoms with Crippen molar-refractivity contribution in [3.8, 4) is 22.9 Å². The average Bonchev–Trinajstić information content (AvgIpc) is 3.50. The molecule has 10 heteroatoms. The highest BCUT2D eigenvalue weighted by molar-refractivity contribution is 5.80. The summed E-state index contributed by atoms with van der Waals surface area (Å²) in [5, 5.41) is 17.4. The lowest BCUT2D eigenvalue weighted by molar-refractivity contribution is -0.184. The van der Waals surface area contributed by atoms with Crippen LogP contribution in [-0.2, 0) is 4.79 Å². The van der Waals surface area contributed by atoms with Crippen LogP contribution in [0.25, 0.3) is 11.3 Å². The van der Waals surface area contributed by atoms with Gasteiger partial charge in [-0.3, -0.25) is 4.79 Å². The molecule has 0 spiro atoms. The Morgan fingerprint density at radius 2 is 1.97 bits per heavy atom.